The van der Waals surface area contributed by atoms with Gasteiger partial charge in [-0.15, -0.1) is 0 Å². The number of aromatic amines is 1. The van der Waals surface area contributed by atoms with Crippen LogP contribution in [0.1, 0.15) is 23.3 Å². The van der Waals surface area contributed by atoms with E-state index < -0.39 is 24.5 Å². The van der Waals surface area contributed by atoms with Crippen LogP contribution in [0.15, 0.2) is 24.3 Å². The van der Waals surface area contributed by atoms with Crippen molar-refractivity contribution < 1.29 is 28.2 Å². The third-order valence-corrected chi connectivity index (χ3v) is 3.87. The third kappa shape index (κ3) is 2.84. The number of halogens is 2. The van der Waals surface area contributed by atoms with E-state index in [-0.39, 0.29) is 11.4 Å². The zero-order chi connectivity index (χ0) is 16.6. The second kappa shape index (κ2) is 5.86. The molecule has 3 rings (SSSR count). The number of carbonyl (C=O) groups is 2. The Morgan fingerprint density at radius 2 is 2.17 bits per heavy atom. The van der Waals surface area contributed by atoms with Gasteiger partial charge in [0.1, 0.15) is 17.5 Å². The highest BCUT2D eigenvalue weighted by Crippen LogP contribution is 2.29. The summed E-state index contributed by atoms with van der Waals surface area (Å²) in [5.74, 6) is -1.55. The summed E-state index contributed by atoms with van der Waals surface area (Å²) in [7, 11) is 0. The Balaban J connectivity index is 1.94. The summed E-state index contributed by atoms with van der Waals surface area (Å²) in [6.07, 6.45) is 1.02. The van der Waals surface area contributed by atoms with Crippen LogP contribution >= 0.6 is 0 Å². The van der Waals surface area contributed by atoms with Crippen LogP contribution in [0.3, 0.4) is 0 Å². The maximum absolute atomic E-state index is 12.5. The number of ether oxygens (including phenoxy) is 1. The number of nitrogens with one attached hydrogen (secondary N) is 1. The first-order valence-corrected chi connectivity index (χ1v) is 7.07. The average Bonchev–Trinajstić information content (AvgIpc) is 3.13. The molecule has 23 heavy (non-hydrogen) atoms. The number of carbonyl (C=O) groups excluding carboxylic acids is 1. The Morgan fingerprint density at radius 1 is 1.39 bits per heavy atom. The van der Waals surface area contributed by atoms with Gasteiger partial charge in [0.25, 0.3) is 5.91 Å². The predicted octanol–water partition coefficient (Wildman–Crippen LogP) is 2.46. The van der Waals surface area contributed by atoms with Crippen molar-refractivity contribution in [3.05, 3.63) is 30.0 Å². The molecule has 1 aromatic heterocycles. The lowest BCUT2D eigenvalue weighted by molar-refractivity contribution is -0.141. The number of hydrogen-bond acceptors (Lipinski definition) is 3. The fraction of sp³-hybridized carbons (Fsp3) is 0.333. The van der Waals surface area contributed by atoms with E-state index in [0.717, 1.165) is 0 Å². The molecule has 0 spiro atoms. The number of hydrogen-bond donors (Lipinski definition) is 2. The standard InChI is InChI=1S/C15H14F2N2O4/c16-15(17)23-12-5-1-3-9-8(12)7-10(18-9)13(20)19-6-2-4-11(19)14(21)22/h1,3,5,7,11,15,18H,2,4,6H2,(H,21,22)/t11-/m0/s1. The molecule has 0 radical (unpaired) electrons. The van der Waals surface area contributed by atoms with Gasteiger partial charge in [-0.3, -0.25) is 4.79 Å². The van der Waals surface area contributed by atoms with Gasteiger partial charge in [-0.2, -0.15) is 8.78 Å². The van der Waals surface area contributed by atoms with E-state index in [1.807, 2.05) is 0 Å². The zero-order valence-electron chi connectivity index (χ0n) is 12.0. The van der Waals surface area contributed by atoms with Crippen molar-refractivity contribution in [2.45, 2.75) is 25.5 Å². The Hall–Kier alpha value is -2.64. The summed E-state index contributed by atoms with van der Waals surface area (Å²) in [5, 5.41) is 9.50. The first-order valence-electron chi connectivity index (χ1n) is 7.07. The Labute approximate surface area is 129 Å². The normalized spacial score (nSPS) is 17.9. The SMILES string of the molecule is O=C(O)[C@@H]1CCCN1C(=O)c1cc2c(OC(F)F)cccc2[nH]1. The largest absolute Gasteiger partial charge is 0.480 e. The van der Waals surface area contributed by atoms with E-state index in [2.05, 4.69) is 9.72 Å². The number of carboxylic acid groups (broad SMARTS) is 1. The number of H-pyrrole nitrogens is 1. The van der Waals surface area contributed by atoms with Crippen LogP contribution < -0.4 is 4.74 Å². The molecular formula is C15H14F2N2O4. The van der Waals surface area contributed by atoms with E-state index in [9.17, 15) is 18.4 Å². The van der Waals surface area contributed by atoms with Crippen molar-refractivity contribution in [3.8, 4) is 5.75 Å². The lowest BCUT2D eigenvalue weighted by Crippen LogP contribution is -2.40. The van der Waals surface area contributed by atoms with Gasteiger partial charge in [-0.1, -0.05) is 6.07 Å². The number of rotatable bonds is 4. The van der Waals surface area contributed by atoms with Gasteiger partial charge in [0.2, 0.25) is 0 Å². The van der Waals surface area contributed by atoms with Crippen molar-refractivity contribution in [2.75, 3.05) is 6.54 Å². The molecule has 2 heterocycles. The van der Waals surface area contributed by atoms with Crippen LogP contribution in [-0.4, -0.2) is 46.1 Å². The van der Waals surface area contributed by atoms with Crippen LogP contribution in [0.25, 0.3) is 10.9 Å². The van der Waals surface area contributed by atoms with Gasteiger partial charge in [-0.25, -0.2) is 4.79 Å². The summed E-state index contributed by atoms with van der Waals surface area (Å²) >= 11 is 0. The van der Waals surface area contributed by atoms with E-state index in [4.69, 9.17) is 5.11 Å². The second-order valence-corrected chi connectivity index (χ2v) is 5.27. The summed E-state index contributed by atoms with van der Waals surface area (Å²) in [4.78, 5) is 27.8. The van der Waals surface area contributed by atoms with Crippen LogP contribution in [0, 0.1) is 0 Å². The number of aliphatic carboxylic acids is 1. The fourth-order valence-corrected chi connectivity index (χ4v) is 2.86. The number of amides is 1. The smallest absolute Gasteiger partial charge is 0.387 e. The van der Waals surface area contributed by atoms with Gasteiger partial charge in [0.05, 0.1) is 0 Å². The minimum atomic E-state index is -2.97. The predicted molar refractivity (Wildman–Crippen MR) is 76.6 cm³/mol. The summed E-state index contributed by atoms with van der Waals surface area (Å²) in [5.41, 5.74) is 0.621. The molecule has 0 saturated carbocycles. The molecule has 1 saturated heterocycles. The first-order chi connectivity index (χ1) is 11.0. The highest BCUT2D eigenvalue weighted by molar-refractivity contribution is 6.01. The molecule has 122 valence electrons. The van der Waals surface area contributed by atoms with Gasteiger partial charge < -0.3 is 19.7 Å². The van der Waals surface area contributed by atoms with Gasteiger partial charge in [0, 0.05) is 17.4 Å². The van der Waals surface area contributed by atoms with Crippen molar-refractivity contribution >= 4 is 22.8 Å². The Morgan fingerprint density at radius 3 is 2.87 bits per heavy atom. The molecule has 1 aliphatic heterocycles. The van der Waals surface area contributed by atoms with Crippen molar-refractivity contribution in [2.24, 2.45) is 0 Å². The number of likely N-dealkylation sites (tertiary alicyclic amines) is 1. The third-order valence-electron chi connectivity index (χ3n) is 3.87. The van der Waals surface area contributed by atoms with E-state index >= 15 is 0 Å². The zero-order valence-corrected chi connectivity index (χ0v) is 12.0. The molecule has 8 heteroatoms. The lowest BCUT2D eigenvalue weighted by atomic mass is 10.2. The van der Waals surface area contributed by atoms with Gasteiger partial charge in [-0.05, 0) is 31.0 Å². The molecule has 0 aliphatic carbocycles. The minimum Gasteiger partial charge on any atom is -0.480 e. The van der Waals surface area contributed by atoms with E-state index in [0.29, 0.717) is 30.3 Å². The molecule has 1 aromatic carbocycles. The maximum atomic E-state index is 12.5. The Kier molecular flexibility index (Phi) is 3.89. The van der Waals surface area contributed by atoms with Crippen LogP contribution in [0.2, 0.25) is 0 Å². The maximum Gasteiger partial charge on any atom is 0.387 e. The molecule has 2 N–H and O–H groups in total. The summed E-state index contributed by atoms with van der Waals surface area (Å²) in [6.45, 7) is -2.62. The van der Waals surface area contributed by atoms with Crippen molar-refractivity contribution in [1.29, 1.82) is 0 Å². The number of fused-ring (bicyclic) bond motifs is 1. The lowest BCUT2D eigenvalue weighted by Gasteiger charge is -2.20. The minimum absolute atomic E-state index is 0.0380. The molecule has 0 unspecified atom stereocenters. The number of benzene rings is 1. The van der Waals surface area contributed by atoms with Crippen LogP contribution in [0.4, 0.5) is 8.78 Å². The van der Waals surface area contributed by atoms with Gasteiger partial charge >= 0.3 is 12.6 Å². The molecule has 1 fully saturated rings. The summed E-state index contributed by atoms with van der Waals surface area (Å²) in [6, 6.07) is 5.09. The van der Waals surface area contributed by atoms with Crippen LogP contribution in [-0.2, 0) is 4.79 Å². The number of aromatic nitrogens is 1. The number of alkyl halides is 2. The highest BCUT2D eigenvalue weighted by Gasteiger charge is 2.35. The molecule has 1 aliphatic rings. The number of nitrogens with zero attached hydrogens (tertiary/aromatic N) is 1. The molecule has 0 bridgehead atoms. The highest BCUT2D eigenvalue weighted by atomic mass is 19.3. The monoisotopic (exact) mass is 324 g/mol. The fourth-order valence-electron chi connectivity index (χ4n) is 2.86. The number of carboxylic acids is 1. The topological polar surface area (TPSA) is 82.6 Å². The molecule has 1 atom stereocenters. The Bertz CT molecular complexity index is 759. The molecule has 2 aromatic rings. The van der Waals surface area contributed by atoms with Crippen LogP contribution in [0.5, 0.6) is 5.75 Å². The van der Waals surface area contributed by atoms with E-state index in [1.54, 1.807) is 6.07 Å². The van der Waals surface area contributed by atoms with Crippen molar-refractivity contribution in [1.82, 2.24) is 9.88 Å². The molecule has 6 nitrogen and oxygen atoms in total. The first kappa shape index (κ1) is 15.3. The molecular weight excluding hydrogens is 310 g/mol. The average molecular weight is 324 g/mol. The second-order valence-electron chi connectivity index (χ2n) is 5.27. The quantitative estimate of drug-likeness (QED) is 0.905. The summed E-state index contributed by atoms with van der Waals surface area (Å²) < 4.78 is 29.3. The van der Waals surface area contributed by atoms with Gasteiger partial charge in [0.15, 0.2) is 0 Å². The van der Waals surface area contributed by atoms with E-state index in [1.165, 1.54) is 23.1 Å². The van der Waals surface area contributed by atoms with Crippen molar-refractivity contribution in [3.63, 3.8) is 0 Å². The molecule has 1 amide bonds.